The van der Waals surface area contributed by atoms with E-state index in [-0.39, 0.29) is 5.91 Å². The maximum atomic E-state index is 12.3. The number of ether oxygens (including phenoxy) is 1. The fraction of sp³-hybridized carbons (Fsp3) is 0.111. The summed E-state index contributed by atoms with van der Waals surface area (Å²) in [5.74, 6) is 0.357. The van der Waals surface area contributed by atoms with Crippen LogP contribution in [0.5, 0.6) is 5.75 Å². The Morgan fingerprint density at radius 1 is 1.29 bits per heavy atom. The molecule has 0 atom stereocenters. The van der Waals surface area contributed by atoms with Gasteiger partial charge in [-0.05, 0) is 30.7 Å². The minimum absolute atomic E-state index is 0.329. The van der Waals surface area contributed by atoms with Gasteiger partial charge in [0.1, 0.15) is 10.6 Å². The second kappa shape index (κ2) is 7.03. The lowest BCUT2D eigenvalue weighted by molar-refractivity contribution is 0.0959. The van der Waals surface area contributed by atoms with E-state index in [4.69, 9.17) is 16.3 Å². The predicted molar refractivity (Wildman–Crippen MR) is 99.6 cm³/mol. The first kappa shape index (κ1) is 16.5. The lowest BCUT2D eigenvalue weighted by Gasteiger charge is -2.03. The van der Waals surface area contributed by atoms with Gasteiger partial charge >= 0.3 is 0 Å². The Morgan fingerprint density at radius 3 is 2.88 bits per heavy atom. The number of carbonyl (C=O) groups excluding carboxylic acids is 1. The molecule has 1 amide bonds. The van der Waals surface area contributed by atoms with Crippen LogP contribution in [0.1, 0.15) is 20.8 Å². The van der Waals surface area contributed by atoms with Crippen molar-refractivity contribution in [1.82, 2.24) is 5.43 Å². The van der Waals surface area contributed by atoms with E-state index in [1.165, 1.54) is 11.3 Å². The zero-order valence-corrected chi connectivity index (χ0v) is 14.7. The van der Waals surface area contributed by atoms with Gasteiger partial charge in [-0.15, -0.1) is 11.3 Å². The molecule has 1 aromatic heterocycles. The molecule has 3 aromatic rings. The van der Waals surface area contributed by atoms with Gasteiger partial charge in [0, 0.05) is 15.6 Å². The Labute approximate surface area is 148 Å². The standard InChI is InChI=1S/C18H15ClN2O2S/c1-11-7-8-13-15(9-11)24-17(16(13)19)18(22)21-20-10-12-5-3-4-6-14(12)23-2/h3-10H,1-2H3,(H,21,22). The first-order chi connectivity index (χ1) is 11.6. The summed E-state index contributed by atoms with van der Waals surface area (Å²) in [5.41, 5.74) is 4.42. The van der Waals surface area contributed by atoms with Crippen LogP contribution in [0.3, 0.4) is 0 Å². The van der Waals surface area contributed by atoms with Crippen LogP contribution in [-0.2, 0) is 0 Å². The number of rotatable bonds is 4. The molecule has 0 bridgehead atoms. The van der Waals surface area contributed by atoms with Crippen LogP contribution >= 0.6 is 22.9 Å². The Balaban J connectivity index is 1.80. The number of nitrogens with zero attached hydrogens (tertiary/aromatic N) is 1. The summed E-state index contributed by atoms with van der Waals surface area (Å²) in [6.45, 7) is 2.00. The van der Waals surface area contributed by atoms with Gasteiger partial charge in [0.2, 0.25) is 0 Å². The highest BCUT2D eigenvalue weighted by molar-refractivity contribution is 7.21. The number of carbonyl (C=O) groups is 1. The quantitative estimate of drug-likeness (QED) is 0.545. The summed E-state index contributed by atoms with van der Waals surface area (Å²) >= 11 is 7.68. The maximum absolute atomic E-state index is 12.3. The second-order valence-electron chi connectivity index (χ2n) is 5.19. The molecule has 4 nitrogen and oxygen atoms in total. The molecule has 0 unspecified atom stereocenters. The molecule has 0 aliphatic carbocycles. The molecular weight excluding hydrogens is 344 g/mol. The van der Waals surface area contributed by atoms with Crippen LogP contribution < -0.4 is 10.2 Å². The first-order valence-corrected chi connectivity index (χ1v) is 8.44. The highest BCUT2D eigenvalue weighted by Gasteiger charge is 2.16. The topological polar surface area (TPSA) is 50.7 Å². The van der Waals surface area contributed by atoms with Gasteiger partial charge in [-0.2, -0.15) is 5.10 Å². The van der Waals surface area contributed by atoms with Crippen molar-refractivity contribution in [2.75, 3.05) is 7.11 Å². The molecule has 0 saturated heterocycles. The number of methoxy groups -OCH3 is 1. The van der Waals surface area contributed by atoms with E-state index in [9.17, 15) is 4.79 Å². The van der Waals surface area contributed by atoms with Crippen molar-refractivity contribution in [3.05, 3.63) is 63.5 Å². The van der Waals surface area contributed by atoms with E-state index in [1.807, 2.05) is 49.4 Å². The average Bonchev–Trinajstić information content (AvgIpc) is 2.91. The number of nitrogens with one attached hydrogen (secondary N) is 1. The molecular formula is C18H15ClN2O2S. The SMILES string of the molecule is COc1ccccc1C=NNC(=O)c1sc2cc(C)ccc2c1Cl. The summed E-state index contributed by atoms with van der Waals surface area (Å²) in [4.78, 5) is 12.8. The third-order valence-corrected chi connectivity index (χ3v) is 5.16. The number of hydrazone groups is 1. The Bertz CT molecular complexity index is 934. The van der Waals surface area contributed by atoms with Crippen LogP contribution in [0.25, 0.3) is 10.1 Å². The van der Waals surface area contributed by atoms with Crippen LogP contribution in [0.4, 0.5) is 0 Å². The minimum Gasteiger partial charge on any atom is -0.496 e. The monoisotopic (exact) mass is 358 g/mol. The summed E-state index contributed by atoms with van der Waals surface area (Å²) in [6, 6.07) is 13.3. The second-order valence-corrected chi connectivity index (χ2v) is 6.62. The van der Waals surface area contributed by atoms with Gasteiger partial charge in [-0.1, -0.05) is 35.9 Å². The van der Waals surface area contributed by atoms with E-state index in [0.29, 0.717) is 15.6 Å². The van der Waals surface area contributed by atoms with Crippen LogP contribution in [0.2, 0.25) is 5.02 Å². The molecule has 122 valence electrons. The number of fused-ring (bicyclic) bond motifs is 1. The lowest BCUT2D eigenvalue weighted by atomic mass is 10.2. The largest absolute Gasteiger partial charge is 0.496 e. The number of aryl methyl sites for hydroxylation is 1. The van der Waals surface area contributed by atoms with E-state index in [2.05, 4.69) is 10.5 Å². The van der Waals surface area contributed by atoms with E-state index >= 15 is 0 Å². The van der Waals surface area contributed by atoms with Gasteiger partial charge in [-0.3, -0.25) is 4.79 Å². The van der Waals surface area contributed by atoms with Crippen molar-refractivity contribution in [3.63, 3.8) is 0 Å². The van der Waals surface area contributed by atoms with Crippen molar-refractivity contribution in [3.8, 4) is 5.75 Å². The lowest BCUT2D eigenvalue weighted by Crippen LogP contribution is -2.16. The number of hydrogen-bond acceptors (Lipinski definition) is 4. The van der Waals surface area contributed by atoms with Gasteiger partial charge in [0.25, 0.3) is 5.91 Å². The molecule has 24 heavy (non-hydrogen) atoms. The molecule has 6 heteroatoms. The minimum atomic E-state index is -0.329. The van der Waals surface area contributed by atoms with Crippen molar-refractivity contribution < 1.29 is 9.53 Å². The number of benzene rings is 2. The molecule has 0 fully saturated rings. The zero-order valence-electron chi connectivity index (χ0n) is 13.2. The van der Waals surface area contributed by atoms with Gasteiger partial charge in [0.05, 0.1) is 18.3 Å². The van der Waals surface area contributed by atoms with Crippen molar-refractivity contribution in [2.24, 2.45) is 5.10 Å². The zero-order chi connectivity index (χ0) is 17.1. The van der Waals surface area contributed by atoms with Gasteiger partial charge < -0.3 is 4.74 Å². The summed E-state index contributed by atoms with van der Waals surface area (Å²) < 4.78 is 6.22. The first-order valence-electron chi connectivity index (χ1n) is 7.25. The fourth-order valence-corrected chi connectivity index (χ4v) is 3.81. The maximum Gasteiger partial charge on any atom is 0.283 e. The van der Waals surface area contributed by atoms with Gasteiger partial charge in [0.15, 0.2) is 0 Å². The Morgan fingerprint density at radius 2 is 2.08 bits per heavy atom. The number of hydrogen-bond donors (Lipinski definition) is 1. The van der Waals surface area contributed by atoms with Crippen LogP contribution in [-0.4, -0.2) is 19.2 Å². The van der Waals surface area contributed by atoms with E-state index < -0.39 is 0 Å². The van der Waals surface area contributed by atoms with Gasteiger partial charge in [-0.25, -0.2) is 5.43 Å². The normalized spacial score (nSPS) is 11.1. The number of thiophene rings is 1. The third-order valence-electron chi connectivity index (χ3n) is 3.50. The Hall–Kier alpha value is -2.37. The van der Waals surface area contributed by atoms with Crippen LogP contribution in [0.15, 0.2) is 47.6 Å². The van der Waals surface area contributed by atoms with Crippen LogP contribution in [0, 0.1) is 6.92 Å². The van der Waals surface area contributed by atoms with Crippen molar-refractivity contribution >= 4 is 45.1 Å². The molecule has 3 rings (SSSR count). The number of halogens is 1. The molecule has 0 aliphatic heterocycles. The molecule has 0 aliphatic rings. The summed E-state index contributed by atoms with van der Waals surface area (Å²) in [6.07, 6.45) is 1.54. The fourth-order valence-electron chi connectivity index (χ4n) is 2.30. The Kier molecular flexibility index (Phi) is 4.83. The smallest absolute Gasteiger partial charge is 0.283 e. The van der Waals surface area contributed by atoms with E-state index in [0.717, 1.165) is 21.2 Å². The van der Waals surface area contributed by atoms with Crippen molar-refractivity contribution in [1.29, 1.82) is 0 Å². The molecule has 0 saturated carbocycles. The number of amides is 1. The van der Waals surface area contributed by atoms with E-state index in [1.54, 1.807) is 13.3 Å². The molecule has 2 aromatic carbocycles. The highest BCUT2D eigenvalue weighted by Crippen LogP contribution is 2.35. The predicted octanol–water partition coefficient (Wildman–Crippen LogP) is 4.64. The highest BCUT2D eigenvalue weighted by atomic mass is 35.5. The molecule has 1 heterocycles. The van der Waals surface area contributed by atoms with Crippen molar-refractivity contribution in [2.45, 2.75) is 6.92 Å². The summed E-state index contributed by atoms with van der Waals surface area (Å²) in [7, 11) is 1.59. The molecule has 0 spiro atoms. The number of para-hydroxylation sites is 1. The summed E-state index contributed by atoms with van der Waals surface area (Å²) in [5, 5.41) is 5.34. The third kappa shape index (κ3) is 3.27. The molecule has 0 radical (unpaired) electrons. The molecule has 1 N–H and O–H groups in total. The average molecular weight is 359 g/mol.